The third-order valence-corrected chi connectivity index (χ3v) is 4.54. The summed E-state index contributed by atoms with van der Waals surface area (Å²) in [4.78, 5) is 0. The van der Waals surface area contributed by atoms with Gasteiger partial charge in [0.25, 0.3) is 0 Å². The van der Waals surface area contributed by atoms with Crippen LogP contribution in [0.15, 0.2) is 30.5 Å². The summed E-state index contributed by atoms with van der Waals surface area (Å²) in [6.45, 7) is 0.847. The molecular formula is C17H18Cl2F4N6O. The van der Waals surface area contributed by atoms with Crippen LogP contribution < -0.4 is 10.6 Å². The zero-order valence-electron chi connectivity index (χ0n) is 15.2. The van der Waals surface area contributed by atoms with Gasteiger partial charge in [0.15, 0.2) is 0 Å². The quantitative estimate of drug-likeness (QED) is 0.510. The molecule has 0 aliphatic carbocycles. The molecule has 4 rings (SSSR count). The minimum Gasteiger partial charge on any atom is -0.507 e. The lowest BCUT2D eigenvalue weighted by molar-refractivity contribution is -0.137. The molecule has 1 aromatic carbocycles. The van der Waals surface area contributed by atoms with Crippen molar-refractivity contribution in [1.82, 2.24) is 25.1 Å². The van der Waals surface area contributed by atoms with Crippen LogP contribution in [0, 0.1) is 0 Å². The average Bonchev–Trinajstić information content (AvgIpc) is 3.12. The van der Waals surface area contributed by atoms with E-state index < -0.39 is 23.7 Å². The number of piperidine rings is 1. The lowest BCUT2D eigenvalue weighted by atomic mass is 10.1. The first kappa shape index (κ1) is 23.9. The highest BCUT2D eigenvalue weighted by atomic mass is 35.5. The van der Waals surface area contributed by atoms with Crippen LogP contribution in [0.4, 0.5) is 23.5 Å². The van der Waals surface area contributed by atoms with Gasteiger partial charge in [0.1, 0.15) is 17.6 Å². The van der Waals surface area contributed by atoms with Gasteiger partial charge in [-0.15, -0.1) is 35.0 Å². The van der Waals surface area contributed by atoms with E-state index in [0.29, 0.717) is 31.1 Å². The van der Waals surface area contributed by atoms with E-state index in [4.69, 9.17) is 0 Å². The molecule has 0 radical (unpaired) electrons. The topological polar surface area (TPSA) is 87.4 Å². The fraction of sp³-hybridized carbons (Fsp3) is 0.353. The lowest BCUT2D eigenvalue weighted by Gasteiger charge is -2.26. The molecule has 0 unspecified atom stereocenters. The molecule has 3 aromatic rings. The maximum Gasteiger partial charge on any atom is 0.416 e. The molecule has 0 amide bonds. The first-order chi connectivity index (χ1) is 13.3. The molecule has 0 bridgehead atoms. The number of nitrogens with one attached hydrogen (secondary N) is 2. The normalized spacial score (nSPS) is 19.1. The summed E-state index contributed by atoms with van der Waals surface area (Å²) in [6, 6.07) is 4.04. The van der Waals surface area contributed by atoms with E-state index in [2.05, 4.69) is 25.9 Å². The predicted octanol–water partition coefficient (Wildman–Crippen LogP) is 3.47. The summed E-state index contributed by atoms with van der Waals surface area (Å²) in [6.07, 6.45) is -3.76. The Hall–Kier alpha value is -2.37. The molecule has 0 saturated carbocycles. The van der Waals surface area contributed by atoms with Crippen molar-refractivity contribution in [1.29, 1.82) is 0 Å². The monoisotopic (exact) mass is 468 g/mol. The van der Waals surface area contributed by atoms with Crippen molar-refractivity contribution in [2.45, 2.75) is 24.8 Å². The molecule has 2 aromatic heterocycles. The zero-order chi connectivity index (χ0) is 19.9. The molecule has 164 valence electrons. The van der Waals surface area contributed by atoms with Crippen LogP contribution in [0.1, 0.15) is 12.0 Å². The van der Waals surface area contributed by atoms with E-state index in [0.717, 1.165) is 12.1 Å². The molecule has 1 aliphatic heterocycles. The van der Waals surface area contributed by atoms with Gasteiger partial charge in [0, 0.05) is 31.1 Å². The molecule has 30 heavy (non-hydrogen) atoms. The summed E-state index contributed by atoms with van der Waals surface area (Å²) in [7, 11) is 0. The maximum absolute atomic E-state index is 13.6. The Morgan fingerprint density at radius 3 is 2.57 bits per heavy atom. The molecule has 1 aliphatic rings. The highest BCUT2D eigenvalue weighted by Gasteiger charge is 2.31. The van der Waals surface area contributed by atoms with Crippen LogP contribution in [0.25, 0.3) is 16.8 Å². The van der Waals surface area contributed by atoms with Crippen molar-refractivity contribution < 1.29 is 22.7 Å². The van der Waals surface area contributed by atoms with Crippen LogP contribution in [-0.4, -0.2) is 50.2 Å². The molecule has 1 fully saturated rings. The number of phenolic OH excluding ortho intramolecular Hbond substituents is 1. The maximum atomic E-state index is 13.6. The number of anilines is 1. The van der Waals surface area contributed by atoms with Crippen molar-refractivity contribution in [3.05, 3.63) is 36.0 Å². The Kier molecular flexibility index (Phi) is 7.32. The number of benzene rings is 1. The van der Waals surface area contributed by atoms with Gasteiger partial charge in [0.05, 0.1) is 17.3 Å². The summed E-state index contributed by atoms with van der Waals surface area (Å²) in [5, 5.41) is 28.4. The Labute approximate surface area is 180 Å². The van der Waals surface area contributed by atoms with Gasteiger partial charge in [-0.3, -0.25) is 0 Å². The van der Waals surface area contributed by atoms with E-state index >= 15 is 0 Å². The average molecular weight is 469 g/mol. The largest absolute Gasteiger partial charge is 0.507 e. The second-order valence-electron chi connectivity index (χ2n) is 6.56. The number of alkyl halides is 4. The van der Waals surface area contributed by atoms with E-state index in [1.807, 2.05) is 0 Å². The summed E-state index contributed by atoms with van der Waals surface area (Å²) in [5.74, 6) is -0.291. The van der Waals surface area contributed by atoms with E-state index in [1.54, 1.807) is 6.07 Å². The molecular weight excluding hydrogens is 451 g/mol. The molecule has 0 spiro atoms. The van der Waals surface area contributed by atoms with Crippen LogP contribution >= 0.6 is 24.8 Å². The fourth-order valence-corrected chi connectivity index (χ4v) is 3.21. The fourth-order valence-electron chi connectivity index (χ4n) is 3.21. The van der Waals surface area contributed by atoms with Crippen LogP contribution in [0.3, 0.4) is 0 Å². The third-order valence-electron chi connectivity index (χ3n) is 4.54. The van der Waals surface area contributed by atoms with Gasteiger partial charge >= 0.3 is 6.18 Å². The number of rotatable bonds is 3. The number of halogens is 6. The highest BCUT2D eigenvalue weighted by molar-refractivity contribution is 5.85. The van der Waals surface area contributed by atoms with Crippen molar-refractivity contribution >= 4 is 36.3 Å². The SMILES string of the molecule is Cl.Cl.Oc1cc(C(F)(F)F)ccc1-c1nnc(N[C@H]2CNC[C@H](F)C2)n2nccc12. The summed E-state index contributed by atoms with van der Waals surface area (Å²) < 4.78 is 53.4. The van der Waals surface area contributed by atoms with Crippen molar-refractivity contribution in [2.75, 3.05) is 18.4 Å². The van der Waals surface area contributed by atoms with E-state index in [1.165, 1.54) is 10.7 Å². The number of aromatic hydroxyl groups is 1. The summed E-state index contributed by atoms with van der Waals surface area (Å²) in [5.41, 5.74) is -0.247. The van der Waals surface area contributed by atoms with Crippen molar-refractivity contribution in [3.63, 3.8) is 0 Å². The molecule has 1 saturated heterocycles. The Balaban J connectivity index is 0.00000160. The highest BCUT2D eigenvalue weighted by Crippen LogP contribution is 2.37. The molecule has 2 atom stereocenters. The molecule has 7 nitrogen and oxygen atoms in total. The van der Waals surface area contributed by atoms with Crippen molar-refractivity contribution in [2.24, 2.45) is 0 Å². The van der Waals surface area contributed by atoms with Crippen molar-refractivity contribution in [3.8, 4) is 17.0 Å². The van der Waals surface area contributed by atoms with Crippen LogP contribution in [0.5, 0.6) is 5.75 Å². The van der Waals surface area contributed by atoms with E-state index in [9.17, 15) is 22.7 Å². The van der Waals surface area contributed by atoms with Gasteiger partial charge in [-0.2, -0.15) is 22.8 Å². The molecule has 13 heteroatoms. The predicted molar refractivity (Wildman–Crippen MR) is 107 cm³/mol. The van der Waals surface area contributed by atoms with Crippen LogP contribution in [0.2, 0.25) is 0 Å². The molecule has 3 N–H and O–H groups in total. The summed E-state index contributed by atoms with van der Waals surface area (Å²) >= 11 is 0. The minimum atomic E-state index is -4.57. The van der Waals surface area contributed by atoms with Gasteiger partial charge in [-0.1, -0.05) is 0 Å². The lowest BCUT2D eigenvalue weighted by Crippen LogP contribution is -2.44. The Bertz CT molecular complexity index is 1020. The number of phenols is 1. The number of hydrogen-bond acceptors (Lipinski definition) is 6. The zero-order valence-corrected chi connectivity index (χ0v) is 16.9. The Morgan fingerprint density at radius 2 is 1.90 bits per heavy atom. The number of fused-ring (bicyclic) bond motifs is 1. The van der Waals surface area contributed by atoms with Crippen LogP contribution in [-0.2, 0) is 6.18 Å². The minimum absolute atomic E-state index is 0. The second kappa shape index (κ2) is 9.19. The van der Waals surface area contributed by atoms with E-state index in [-0.39, 0.29) is 48.1 Å². The van der Waals surface area contributed by atoms with Gasteiger partial charge in [-0.05, 0) is 24.3 Å². The van der Waals surface area contributed by atoms with Gasteiger partial charge in [-0.25, -0.2) is 4.39 Å². The second-order valence-corrected chi connectivity index (χ2v) is 6.56. The van der Waals surface area contributed by atoms with Gasteiger partial charge < -0.3 is 15.7 Å². The smallest absolute Gasteiger partial charge is 0.416 e. The van der Waals surface area contributed by atoms with Gasteiger partial charge in [0.2, 0.25) is 5.95 Å². The first-order valence-electron chi connectivity index (χ1n) is 8.55. The number of hydrogen-bond donors (Lipinski definition) is 3. The molecule has 3 heterocycles. The standard InChI is InChI=1S/C17H16F4N6O.2ClH/c18-10-6-11(8-22-7-10)24-16-26-25-15(13-3-4-23-27(13)16)12-2-1-9(5-14(12)28)17(19,20)21;;/h1-5,10-11,22,28H,6-8H2,(H,24,26);2*1H/t10-,11-;;/m1../s1. The first-order valence-corrected chi connectivity index (χ1v) is 8.55. The Morgan fingerprint density at radius 1 is 1.13 bits per heavy atom. The number of aromatic nitrogens is 4. The number of nitrogens with zero attached hydrogens (tertiary/aromatic N) is 4. The third kappa shape index (κ3) is 4.68.